The lowest BCUT2D eigenvalue weighted by Gasteiger charge is -2.06. The standard InChI is InChI=1S/C20H19N5OS2/c1-14-5-2-6-15(11-14)18(26)25-20(22-13-17-8-4-10-28-17)23-19(24-25)21-12-16-7-3-9-27-16/h2-11H,12-13H2,1H3,(H2,21,22,23,24). The lowest BCUT2D eigenvalue weighted by molar-refractivity contribution is 0.0947. The minimum atomic E-state index is -0.214. The largest absolute Gasteiger partial charge is 0.349 e. The summed E-state index contributed by atoms with van der Waals surface area (Å²) >= 11 is 3.31. The van der Waals surface area contributed by atoms with Crippen molar-refractivity contribution >= 4 is 40.5 Å². The third-order valence-corrected chi connectivity index (χ3v) is 5.82. The average Bonchev–Trinajstić information content (AvgIpc) is 3.46. The molecule has 28 heavy (non-hydrogen) atoms. The van der Waals surface area contributed by atoms with E-state index in [0.717, 1.165) is 10.4 Å². The predicted octanol–water partition coefficient (Wildman–Crippen LogP) is 4.62. The molecule has 0 unspecified atom stereocenters. The first kappa shape index (κ1) is 18.4. The number of aromatic nitrogens is 3. The van der Waals surface area contributed by atoms with E-state index >= 15 is 0 Å². The molecule has 0 radical (unpaired) electrons. The highest BCUT2D eigenvalue weighted by atomic mass is 32.1. The molecule has 0 bridgehead atoms. The Morgan fingerprint density at radius 2 is 1.71 bits per heavy atom. The Balaban J connectivity index is 1.58. The van der Waals surface area contributed by atoms with Gasteiger partial charge in [-0.2, -0.15) is 9.67 Å². The number of carbonyl (C=O) groups is 1. The van der Waals surface area contributed by atoms with Crippen LogP contribution >= 0.6 is 22.7 Å². The highest BCUT2D eigenvalue weighted by Crippen LogP contribution is 2.17. The van der Waals surface area contributed by atoms with Crippen molar-refractivity contribution in [2.45, 2.75) is 20.0 Å². The van der Waals surface area contributed by atoms with Crippen molar-refractivity contribution in [3.05, 3.63) is 80.2 Å². The van der Waals surface area contributed by atoms with Gasteiger partial charge in [0.15, 0.2) is 0 Å². The molecule has 4 rings (SSSR count). The zero-order chi connectivity index (χ0) is 19.3. The number of thiophene rings is 2. The summed E-state index contributed by atoms with van der Waals surface area (Å²) in [6.45, 7) is 3.16. The Morgan fingerprint density at radius 1 is 1.00 bits per heavy atom. The van der Waals surface area contributed by atoms with E-state index in [2.05, 4.69) is 20.7 Å². The van der Waals surface area contributed by atoms with Crippen molar-refractivity contribution in [2.24, 2.45) is 0 Å². The Bertz CT molecular complexity index is 1050. The molecule has 0 spiro atoms. The van der Waals surface area contributed by atoms with Crippen molar-refractivity contribution in [1.29, 1.82) is 0 Å². The monoisotopic (exact) mass is 409 g/mol. The van der Waals surface area contributed by atoms with Crippen LogP contribution in [0, 0.1) is 6.92 Å². The molecule has 4 aromatic rings. The molecule has 0 atom stereocenters. The maximum absolute atomic E-state index is 13.0. The number of aryl methyl sites for hydroxylation is 1. The molecule has 0 fully saturated rings. The van der Waals surface area contributed by atoms with E-state index in [1.54, 1.807) is 28.7 Å². The van der Waals surface area contributed by atoms with Gasteiger partial charge < -0.3 is 10.6 Å². The third-order valence-electron chi connectivity index (χ3n) is 4.07. The molecule has 3 aromatic heterocycles. The van der Waals surface area contributed by atoms with Crippen molar-refractivity contribution in [3.8, 4) is 0 Å². The molecule has 0 aliphatic heterocycles. The van der Waals surface area contributed by atoms with Crippen LogP contribution in [0.15, 0.2) is 59.3 Å². The molecule has 0 aliphatic carbocycles. The Labute approximate surface area is 170 Å². The van der Waals surface area contributed by atoms with E-state index in [1.165, 1.54) is 9.56 Å². The number of hydrogen-bond acceptors (Lipinski definition) is 7. The van der Waals surface area contributed by atoms with Gasteiger partial charge in [-0.25, -0.2) is 0 Å². The first-order chi connectivity index (χ1) is 13.7. The number of benzene rings is 1. The normalized spacial score (nSPS) is 10.8. The van der Waals surface area contributed by atoms with Gasteiger partial charge in [-0.1, -0.05) is 29.8 Å². The molecule has 2 N–H and O–H groups in total. The maximum atomic E-state index is 13.0. The summed E-state index contributed by atoms with van der Waals surface area (Å²) in [5, 5.41) is 14.9. The minimum Gasteiger partial charge on any atom is -0.349 e. The van der Waals surface area contributed by atoms with Gasteiger partial charge in [-0.15, -0.1) is 27.8 Å². The third kappa shape index (κ3) is 4.29. The van der Waals surface area contributed by atoms with Gasteiger partial charge in [0.25, 0.3) is 5.91 Å². The lowest BCUT2D eigenvalue weighted by atomic mass is 10.1. The van der Waals surface area contributed by atoms with E-state index in [9.17, 15) is 4.79 Å². The summed E-state index contributed by atoms with van der Waals surface area (Å²) in [6.07, 6.45) is 0. The summed E-state index contributed by atoms with van der Waals surface area (Å²) in [7, 11) is 0. The highest BCUT2D eigenvalue weighted by molar-refractivity contribution is 7.10. The number of hydrogen-bond donors (Lipinski definition) is 2. The summed E-state index contributed by atoms with van der Waals surface area (Å²) in [4.78, 5) is 19.9. The fourth-order valence-electron chi connectivity index (χ4n) is 2.70. The fraction of sp³-hybridized carbons (Fsp3) is 0.150. The molecule has 0 saturated heterocycles. The topological polar surface area (TPSA) is 71.8 Å². The predicted molar refractivity (Wildman–Crippen MR) is 114 cm³/mol. The van der Waals surface area contributed by atoms with E-state index < -0.39 is 0 Å². The zero-order valence-electron chi connectivity index (χ0n) is 15.3. The quantitative estimate of drug-likeness (QED) is 0.466. The van der Waals surface area contributed by atoms with E-state index in [-0.39, 0.29) is 5.91 Å². The van der Waals surface area contributed by atoms with Gasteiger partial charge >= 0.3 is 0 Å². The Kier molecular flexibility index (Phi) is 5.50. The molecular weight excluding hydrogens is 390 g/mol. The summed E-state index contributed by atoms with van der Waals surface area (Å²) < 4.78 is 1.33. The van der Waals surface area contributed by atoms with Crippen LogP contribution in [0.25, 0.3) is 0 Å². The van der Waals surface area contributed by atoms with E-state index in [4.69, 9.17) is 0 Å². The lowest BCUT2D eigenvalue weighted by Crippen LogP contribution is -2.17. The van der Waals surface area contributed by atoms with Crippen molar-refractivity contribution in [2.75, 3.05) is 10.6 Å². The van der Waals surface area contributed by atoms with Crippen LogP contribution in [0.3, 0.4) is 0 Å². The first-order valence-electron chi connectivity index (χ1n) is 8.80. The van der Waals surface area contributed by atoms with Crippen LogP contribution in [-0.4, -0.2) is 20.7 Å². The molecule has 6 nitrogen and oxygen atoms in total. The van der Waals surface area contributed by atoms with Crippen LogP contribution in [0.2, 0.25) is 0 Å². The van der Waals surface area contributed by atoms with Gasteiger partial charge in [0.2, 0.25) is 11.9 Å². The van der Waals surface area contributed by atoms with Gasteiger partial charge in [0.1, 0.15) is 0 Å². The van der Waals surface area contributed by atoms with Crippen molar-refractivity contribution in [3.63, 3.8) is 0 Å². The second kappa shape index (κ2) is 8.37. The molecular formula is C20H19N5OS2. The first-order valence-corrected chi connectivity index (χ1v) is 10.6. The van der Waals surface area contributed by atoms with Crippen LogP contribution in [-0.2, 0) is 13.1 Å². The molecule has 8 heteroatoms. The number of anilines is 2. The molecule has 3 heterocycles. The van der Waals surface area contributed by atoms with Crippen LogP contribution in [0.1, 0.15) is 25.7 Å². The minimum absolute atomic E-state index is 0.214. The van der Waals surface area contributed by atoms with E-state index in [0.29, 0.717) is 30.5 Å². The van der Waals surface area contributed by atoms with Crippen LogP contribution in [0.5, 0.6) is 0 Å². The Hall–Kier alpha value is -2.97. The smallest absolute Gasteiger partial charge is 0.281 e. The van der Waals surface area contributed by atoms with Crippen LogP contribution < -0.4 is 10.6 Å². The van der Waals surface area contributed by atoms with Crippen molar-refractivity contribution in [1.82, 2.24) is 14.8 Å². The highest BCUT2D eigenvalue weighted by Gasteiger charge is 2.18. The Morgan fingerprint density at radius 3 is 2.36 bits per heavy atom. The molecule has 0 saturated carbocycles. The summed E-state index contributed by atoms with van der Waals surface area (Å²) in [5.41, 5.74) is 1.60. The number of rotatable bonds is 7. The fourth-order valence-corrected chi connectivity index (χ4v) is 3.99. The SMILES string of the molecule is Cc1cccc(C(=O)n2nc(NCc3cccs3)nc2NCc2cccs2)c1. The zero-order valence-corrected chi connectivity index (χ0v) is 16.9. The molecule has 0 amide bonds. The van der Waals surface area contributed by atoms with Crippen molar-refractivity contribution < 1.29 is 4.79 Å². The van der Waals surface area contributed by atoms with Gasteiger partial charge in [-0.3, -0.25) is 4.79 Å². The van der Waals surface area contributed by atoms with Gasteiger partial charge in [-0.05, 0) is 41.9 Å². The number of carbonyl (C=O) groups excluding carboxylic acids is 1. The second-order valence-corrected chi connectivity index (χ2v) is 8.28. The summed E-state index contributed by atoms with van der Waals surface area (Å²) in [5.74, 6) is 0.630. The average molecular weight is 410 g/mol. The van der Waals surface area contributed by atoms with Gasteiger partial charge in [0.05, 0.1) is 13.1 Å². The molecule has 142 valence electrons. The van der Waals surface area contributed by atoms with Crippen LogP contribution in [0.4, 0.5) is 11.9 Å². The second-order valence-electron chi connectivity index (χ2n) is 6.21. The summed E-state index contributed by atoms with van der Waals surface area (Å²) in [6, 6.07) is 15.6. The van der Waals surface area contributed by atoms with E-state index in [1.807, 2.05) is 60.1 Å². The maximum Gasteiger partial charge on any atom is 0.281 e. The number of nitrogens with one attached hydrogen (secondary N) is 2. The number of nitrogens with zero attached hydrogens (tertiary/aromatic N) is 3. The van der Waals surface area contributed by atoms with Gasteiger partial charge in [0, 0.05) is 15.3 Å². The molecule has 0 aliphatic rings. The molecule has 1 aromatic carbocycles.